The van der Waals surface area contributed by atoms with Gasteiger partial charge in [0.25, 0.3) is 0 Å². The molecule has 0 aromatic heterocycles. The average Bonchev–Trinajstić information content (AvgIpc) is 3.05. The maximum Gasteiger partial charge on any atom is 0.244 e. The molecule has 0 bridgehead atoms. The number of rotatable bonds is 6. The largest absolute Gasteiger partial charge is 0.494 e. The lowest BCUT2D eigenvalue weighted by Crippen LogP contribution is -2.46. The molecule has 2 amide bonds. The molecule has 0 saturated carbocycles. The zero-order valence-electron chi connectivity index (χ0n) is 16.1. The number of carbonyl (C=O) groups excluding carboxylic acids is 2. The van der Waals surface area contributed by atoms with Gasteiger partial charge in [0.2, 0.25) is 11.8 Å². The van der Waals surface area contributed by atoms with Gasteiger partial charge in [-0.15, -0.1) is 0 Å². The maximum absolute atomic E-state index is 12.8. The molecule has 150 valence electrons. The first-order valence-electron chi connectivity index (χ1n) is 9.49. The van der Waals surface area contributed by atoms with E-state index in [0.29, 0.717) is 30.8 Å². The van der Waals surface area contributed by atoms with Crippen molar-refractivity contribution in [1.29, 1.82) is 0 Å². The summed E-state index contributed by atoms with van der Waals surface area (Å²) in [5.74, 6) is 0.487. The quantitative estimate of drug-likeness (QED) is 0.792. The van der Waals surface area contributed by atoms with Crippen molar-refractivity contribution in [3.63, 3.8) is 0 Å². The predicted molar refractivity (Wildman–Crippen MR) is 115 cm³/mol. The number of thioether (sulfide) groups is 1. The molecule has 0 spiro atoms. The van der Waals surface area contributed by atoms with Crippen molar-refractivity contribution >= 4 is 40.1 Å². The van der Waals surface area contributed by atoms with Crippen LogP contribution in [0.3, 0.4) is 0 Å². The monoisotopic (exact) mass is 410 g/mol. The molecular formula is C21H22N4O3S. The van der Waals surface area contributed by atoms with Crippen LogP contribution in [0.2, 0.25) is 0 Å². The first kappa shape index (κ1) is 19.3. The Hall–Kier alpha value is -3.00. The molecule has 2 aromatic rings. The van der Waals surface area contributed by atoms with Gasteiger partial charge in [0.05, 0.1) is 6.61 Å². The van der Waals surface area contributed by atoms with Crippen molar-refractivity contribution in [1.82, 2.24) is 4.90 Å². The summed E-state index contributed by atoms with van der Waals surface area (Å²) in [6, 6.07) is 17.1. The van der Waals surface area contributed by atoms with Crippen molar-refractivity contribution in [2.24, 2.45) is 4.99 Å². The SMILES string of the molecule is CCOc1ccc(NC(=O)CC2SC3=NCN(c4ccccc4)CN3C2=O)cc1. The Kier molecular flexibility index (Phi) is 5.71. The second kappa shape index (κ2) is 8.57. The van der Waals surface area contributed by atoms with E-state index in [1.807, 2.05) is 54.3 Å². The smallest absolute Gasteiger partial charge is 0.244 e. The number of nitrogens with one attached hydrogen (secondary N) is 1. The first-order chi connectivity index (χ1) is 14.1. The van der Waals surface area contributed by atoms with Crippen LogP contribution in [0.1, 0.15) is 13.3 Å². The number of benzene rings is 2. The van der Waals surface area contributed by atoms with Gasteiger partial charge in [0.15, 0.2) is 5.17 Å². The predicted octanol–water partition coefficient (Wildman–Crippen LogP) is 3.15. The summed E-state index contributed by atoms with van der Waals surface area (Å²) in [4.78, 5) is 33.5. The number of anilines is 2. The van der Waals surface area contributed by atoms with Crippen LogP contribution in [0.5, 0.6) is 5.75 Å². The summed E-state index contributed by atoms with van der Waals surface area (Å²) in [5.41, 5.74) is 1.70. The average molecular weight is 410 g/mol. The topological polar surface area (TPSA) is 74.2 Å². The van der Waals surface area contributed by atoms with E-state index in [9.17, 15) is 9.59 Å². The summed E-state index contributed by atoms with van der Waals surface area (Å²) >= 11 is 1.37. The van der Waals surface area contributed by atoms with Crippen molar-refractivity contribution < 1.29 is 14.3 Å². The van der Waals surface area contributed by atoms with Crippen molar-refractivity contribution in [2.75, 3.05) is 30.2 Å². The van der Waals surface area contributed by atoms with Gasteiger partial charge in [0, 0.05) is 17.8 Å². The van der Waals surface area contributed by atoms with Gasteiger partial charge in [0.1, 0.15) is 24.3 Å². The van der Waals surface area contributed by atoms with E-state index in [1.54, 1.807) is 17.0 Å². The highest BCUT2D eigenvalue weighted by atomic mass is 32.2. The fourth-order valence-corrected chi connectivity index (χ4v) is 4.36. The number of carbonyl (C=O) groups is 2. The summed E-state index contributed by atoms with van der Waals surface area (Å²) in [7, 11) is 0. The fraction of sp³-hybridized carbons (Fsp3) is 0.286. The lowest BCUT2D eigenvalue weighted by Gasteiger charge is -2.32. The van der Waals surface area contributed by atoms with Gasteiger partial charge >= 0.3 is 0 Å². The van der Waals surface area contributed by atoms with Crippen LogP contribution < -0.4 is 15.0 Å². The highest BCUT2D eigenvalue weighted by molar-refractivity contribution is 8.15. The lowest BCUT2D eigenvalue weighted by atomic mass is 10.2. The lowest BCUT2D eigenvalue weighted by molar-refractivity contribution is -0.128. The summed E-state index contributed by atoms with van der Waals surface area (Å²) in [6.45, 7) is 3.46. The Labute approximate surface area is 173 Å². The molecule has 29 heavy (non-hydrogen) atoms. The van der Waals surface area contributed by atoms with Gasteiger partial charge in [-0.2, -0.15) is 0 Å². The second-order valence-corrected chi connectivity index (χ2v) is 7.85. The molecule has 1 N–H and O–H groups in total. The zero-order valence-corrected chi connectivity index (χ0v) is 16.9. The number of amides is 2. The molecule has 2 heterocycles. The van der Waals surface area contributed by atoms with Crippen LogP contribution >= 0.6 is 11.8 Å². The first-order valence-corrected chi connectivity index (χ1v) is 10.4. The van der Waals surface area contributed by atoms with E-state index in [1.165, 1.54) is 11.8 Å². The van der Waals surface area contributed by atoms with Crippen LogP contribution in [-0.4, -0.2) is 47.1 Å². The van der Waals surface area contributed by atoms with Gasteiger partial charge in [-0.05, 0) is 43.3 Å². The van der Waals surface area contributed by atoms with Crippen LogP contribution in [0.15, 0.2) is 59.6 Å². The minimum atomic E-state index is -0.452. The number of nitrogens with zero attached hydrogens (tertiary/aromatic N) is 3. The van der Waals surface area contributed by atoms with Crippen LogP contribution in [0, 0.1) is 0 Å². The van der Waals surface area contributed by atoms with E-state index < -0.39 is 5.25 Å². The Morgan fingerprint density at radius 3 is 2.69 bits per heavy atom. The summed E-state index contributed by atoms with van der Waals surface area (Å²) in [6.07, 6.45) is 0.109. The number of aliphatic imine (C=N–C) groups is 1. The molecule has 1 unspecified atom stereocenters. The summed E-state index contributed by atoms with van der Waals surface area (Å²) in [5, 5.41) is 3.09. The van der Waals surface area contributed by atoms with E-state index in [-0.39, 0.29) is 18.2 Å². The van der Waals surface area contributed by atoms with Crippen molar-refractivity contribution in [3.05, 3.63) is 54.6 Å². The maximum atomic E-state index is 12.8. The molecule has 0 aliphatic carbocycles. The van der Waals surface area contributed by atoms with E-state index in [0.717, 1.165) is 11.4 Å². The molecule has 1 fully saturated rings. The third kappa shape index (κ3) is 4.37. The van der Waals surface area contributed by atoms with Crippen LogP contribution in [0.25, 0.3) is 0 Å². The number of ether oxygens (including phenoxy) is 1. The minimum absolute atomic E-state index is 0.0729. The molecule has 4 rings (SSSR count). The van der Waals surface area contributed by atoms with Crippen LogP contribution in [-0.2, 0) is 9.59 Å². The highest BCUT2D eigenvalue weighted by Gasteiger charge is 2.41. The van der Waals surface area contributed by atoms with Crippen molar-refractivity contribution in [2.45, 2.75) is 18.6 Å². The normalized spacial score (nSPS) is 18.3. The van der Waals surface area contributed by atoms with E-state index in [4.69, 9.17) is 4.74 Å². The van der Waals surface area contributed by atoms with Crippen molar-refractivity contribution in [3.8, 4) is 5.75 Å². The van der Waals surface area contributed by atoms with Gasteiger partial charge in [-0.3, -0.25) is 14.5 Å². The third-order valence-corrected chi connectivity index (χ3v) is 5.86. The molecule has 2 aliphatic heterocycles. The molecule has 8 heteroatoms. The van der Waals surface area contributed by atoms with Gasteiger partial charge in [-0.25, -0.2) is 4.99 Å². The van der Waals surface area contributed by atoms with E-state index in [2.05, 4.69) is 10.3 Å². The fourth-order valence-electron chi connectivity index (χ4n) is 3.24. The standard InChI is InChI=1S/C21H22N4O3S/c1-2-28-17-10-8-15(9-11-17)23-19(26)12-18-20(27)25-14-24(13-22-21(25)29-18)16-6-4-3-5-7-16/h3-11,18H,2,12-14H2,1H3,(H,23,26). The van der Waals surface area contributed by atoms with E-state index >= 15 is 0 Å². The number of hydrogen-bond acceptors (Lipinski definition) is 6. The number of fused-ring (bicyclic) bond motifs is 1. The molecule has 0 radical (unpaired) electrons. The minimum Gasteiger partial charge on any atom is -0.494 e. The zero-order chi connectivity index (χ0) is 20.2. The molecule has 2 aliphatic rings. The number of hydrogen-bond donors (Lipinski definition) is 1. The molecule has 2 aromatic carbocycles. The molecule has 7 nitrogen and oxygen atoms in total. The number of amidine groups is 1. The Bertz CT molecular complexity index is 917. The molecule has 1 atom stereocenters. The third-order valence-electron chi connectivity index (χ3n) is 4.65. The molecular weight excluding hydrogens is 388 g/mol. The summed E-state index contributed by atoms with van der Waals surface area (Å²) < 4.78 is 5.40. The Balaban J connectivity index is 1.35. The number of para-hydroxylation sites is 1. The van der Waals surface area contributed by atoms with Gasteiger partial charge in [-0.1, -0.05) is 30.0 Å². The van der Waals surface area contributed by atoms with Gasteiger partial charge < -0.3 is 15.0 Å². The molecule has 1 saturated heterocycles. The Morgan fingerprint density at radius 2 is 1.97 bits per heavy atom. The van der Waals surface area contributed by atoms with Crippen LogP contribution in [0.4, 0.5) is 11.4 Å². The second-order valence-electron chi connectivity index (χ2n) is 6.68. The Morgan fingerprint density at radius 1 is 1.21 bits per heavy atom. The highest BCUT2D eigenvalue weighted by Crippen LogP contribution is 2.33.